The molecular weight excluding hydrogens is 457 g/mol. The highest BCUT2D eigenvalue weighted by molar-refractivity contribution is 7.15. The summed E-state index contributed by atoms with van der Waals surface area (Å²) in [7, 11) is 0. The minimum Gasteiger partial charge on any atom is -0.478 e. The molecule has 160 valence electrons. The van der Waals surface area contributed by atoms with E-state index in [4.69, 9.17) is 11.6 Å². The SMILES string of the molecule is O=C(Nc1scc(-c2ccc(Cl)cc2)c1C(=O)O)c1cc2n(n1)C(C(F)(F)F)CC=N2. The van der Waals surface area contributed by atoms with Gasteiger partial charge in [-0.1, -0.05) is 23.7 Å². The first-order valence-corrected chi connectivity index (χ1v) is 10.0. The molecular formula is C19H12ClF3N4O3S. The predicted octanol–water partition coefficient (Wildman–Crippen LogP) is 5.42. The Morgan fingerprint density at radius 2 is 1.97 bits per heavy atom. The number of rotatable bonds is 4. The average molecular weight is 469 g/mol. The lowest BCUT2D eigenvalue weighted by Gasteiger charge is -2.22. The van der Waals surface area contributed by atoms with E-state index in [1.54, 1.807) is 29.6 Å². The van der Waals surface area contributed by atoms with E-state index >= 15 is 0 Å². The summed E-state index contributed by atoms with van der Waals surface area (Å²) in [6, 6.07) is 5.69. The normalized spacial score (nSPS) is 15.5. The van der Waals surface area contributed by atoms with Gasteiger partial charge in [0.2, 0.25) is 0 Å². The van der Waals surface area contributed by atoms with Gasteiger partial charge in [0.1, 0.15) is 10.6 Å². The second-order valence-corrected chi connectivity index (χ2v) is 7.87. The summed E-state index contributed by atoms with van der Waals surface area (Å²) in [5.74, 6) is -2.22. The number of aromatic carboxylic acids is 1. The first kappa shape index (κ1) is 21.1. The van der Waals surface area contributed by atoms with E-state index in [-0.39, 0.29) is 22.1 Å². The van der Waals surface area contributed by atoms with E-state index in [9.17, 15) is 27.9 Å². The first-order chi connectivity index (χ1) is 14.6. The lowest BCUT2D eigenvalue weighted by Crippen LogP contribution is -2.29. The van der Waals surface area contributed by atoms with Gasteiger partial charge in [0.25, 0.3) is 5.91 Å². The molecule has 0 fully saturated rings. The number of anilines is 1. The van der Waals surface area contributed by atoms with Crippen LogP contribution in [0.1, 0.15) is 33.3 Å². The first-order valence-electron chi connectivity index (χ1n) is 8.76. The largest absolute Gasteiger partial charge is 0.478 e. The number of aliphatic imine (C=N–C) groups is 1. The summed E-state index contributed by atoms with van der Waals surface area (Å²) < 4.78 is 40.3. The molecule has 12 heteroatoms. The zero-order valence-corrected chi connectivity index (χ0v) is 16.9. The van der Waals surface area contributed by atoms with Crippen LogP contribution in [0.15, 0.2) is 40.7 Å². The summed E-state index contributed by atoms with van der Waals surface area (Å²) >= 11 is 6.84. The third kappa shape index (κ3) is 4.06. The molecule has 0 spiro atoms. The summed E-state index contributed by atoms with van der Waals surface area (Å²) in [6.45, 7) is 0. The number of carboxylic acid groups (broad SMARTS) is 1. The van der Waals surface area contributed by atoms with E-state index in [1.807, 2.05) is 0 Å². The zero-order chi connectivity index (χ0) is 22.3. The molecule has 0 saturated heterocycles. The van der Waals surface area contributed by atoms with Crippen molar-refractivity contribution in [2.75, 3.05) is 5.32 Å². The number of amides is 1. The molecule has 1 amide bonds. The highest BCUT2D eigenvalue weighted by Crippen LogP contribution is 2.39. The number of halogens is 4. The Balaban J connectivity index is 1.64. The third-order valence-electron chi connectivity index (χ3n) is 4.56. The van der Waals surface area contributed by atoms with Crippen molar-refractivity contribution in [3.05, 3.63) is 52.0 Å². The smallest absolute Gasteiger partial charge is 0.411 e. The second kappa shape index (κ2) is 7.82. The average Bonchev–Trinajstić information content (AvgIpc) is 3.31. The highest BCUT2D eigenvalue weighted by atomic mass is 35.5. The van der Waals surface area contributed by atoms with Crippen LogP contribution in [-0.2, 0) is 0 Å². The molecule has 0 bridgehead atoms. The quantitative estimate of drug-likeness (QED) is 0.534. The van der Waals surface area contributed by atoms with Crippen molar-refractivity contribution >= 4 is 51.8 Å². The Morgan fingerprint density at radius 1 is 1.26 bits per heavy atom. The van der Waals surface area contributed by atoms with Gasteiger partial charge in [0.05, 0.1) is 0 Å². The molecule has 4 rings (SSSR count). The Labute approximate surface area is 181 Å². The zero-order valence-electron chi connectivity index (χ0n) is 15.4. The van der Waals surface area contributed by atoms with Crippen molar-refractivity contribution in [3.63, 3.8) is 0 Å². The fourth-order valence-electron chi connectivity index (χ4n) is 3.11. The number of benzene rings is 1. The molecule has 1 unspecified atom stereocenters. The number of alkyl halides is 3. The van der Waals surface area contributed by atoms with Crippen LogP contribution in [0.5, 0.6) is 0 Å². The van der Waals surface area contributed by atoms with Crippen molar-refractivity contribution in [3.8, 4) is 11.1 Å². The molecule has 0 radical (unpaired) electrons. The summed E-state index contributed by atoms with van der Waals surface area (Å²) in [5.41, 5.74) is 0.505. The highest BCUT2D eigenvalue weighted by Gasteiger charge is 2.43. The van der Waals surface area contributed by atoms with E-state index in [0.29, 0.717) is 20.8 Å². The van der Waals surface area contributed by atoms with Crippen molar-refractivity contribution < 1.29 is 27.9 Å². The molecule has 0 saturated carbocycles. The number of thiophene rings is 1. The topological polar surface area (TPSA) is 96.6 Å². The number of nitrogens with one attached hydrogen (secondary N) is 1. The summed E-state index contributed by atoms with van der Waals surface area (Å²) in [6.07, 6.45) is -3.83. The number of hydrogen-bond donors (Lipinski definition) is 2. The maximum Gasteiger partial charge on any atom is 0.411 e. The number of carbonyl (C=O) groups excluding carboxylic acids is 1. The van der Waals surface area contributed by atoms with Crippen LogP contribution in [0.25, 0.3) is 11.1 Å². The van der Waals surface area contributed by atoms with Gasteiger partial charge < -0.3 is 10.4 Å². The molecule has 31 heavy (non-hydrogen) atoms. The molecule has 3 heterocycles. The fraction of sp³-hybridized carbons (Fsp3) is 0.158. The third-order valence-corrected chi connectivity index (χ3v) is 5.71. The van der Waals surface area contributed by atoms with Gasteiger partial charge in [0.15, 0.2) is 17.6 Å². The molecule has 1 aliphatic rings. The molecule has 1 aromatic carbocycles. The van der Waals surface area contributed by atoms with Gasteiger partial charge in [-0.15, -0.1) is 11.3 Å². The molecule has 0 aliphatic carbocycles. The number of hydrogen-bond acceptors (Lipinski definition) is 5. The Morgan fingerprint density at radius 3 is 2.61 bits per heavy atom. The number of carboxylic acids is 1. The monoisotopic (exact) mass is 468 g/mol. The van der Waals surface area contributed by atoms with E-state index < -0.39 is 30.5 Å². The number of fused-ring (bicyclic) bond motifs is 1. The van der Waals surface area contributed by atoms with Gasteiger partial charge in [0, 0.05) is 34.7 Å². The summed E-state index contributed by atoms with van der Waals surface area (Å²) in [4.78, 5) is 28.3. The molecule has 7 nitrogen and oxygen atoms in total. The predicted molar refractivity (Wildman–Crippen MR) is 110 cm³/mol. The number of carbonyl (C=O) groups is 2. The van der Waals surface area contributed by atoms with Crippen molar-refractivity contribution in [1.82, 2.24) is 9.78 Å². The Hall–Kier alpha value is -3.18. The molecule has 1 aliphatic heterocycles. The van der Waals surface area contributed by atoms with Crippen LogP contribution >= 0.6 is 22.9 Å². The second-order valence-electron chi connectivity index (χ2n) is 6.56. The minimum atomic E-state index is -4.56. The maximum absolute atomic E-state index is 13.2. The summed E-state index contributed by atoms with van der Waals surface area (Å²) in [5, 5.41) is 17.9. The van der Waals surface area contributed by atoms with Crippen LogP contribution in [0, 0.1) is 0 Å². The number of nitrogens with zero attached hydrogens (tertiary/aromatic N) is 3. The van der Waals surface area contributed by atoms with Crippen molar-refractivity contribution in [1.29, 1.82) is 0 Å². The van der Waals surface area contributed by atoms with Gasteiger partial charge in [-0.3, -0.25) is 4.79 Å². The Bertz CT molecular complexity index is 1200. The van der Waals surface area contributed by atoms with Crippen molar-refractivity contribution in [2.45, 2.75) is 18.6 Å². The molecule has 1 atom stereocenters. The lowest BCUT2D eigenvalue weighted by molar-refractivity contribution is -0.168. The van der Waals surface area contributed by atoms with Crippen LogP contribution in [0.3, 0.4) is 0 Å². The molecule has 2 N–H and O–H groups in total. The standard InChI is InChI=1S/C19H12ClF3N4O3S/c20-10-3-1-9(2-4-10)11-8-31-17(15(11)18(29)30)25-16(28)12-7-14-24-6-5-13(19(21,22)23)27(14)26-12/h1-4,6-8,13H,5H2,(H,25,28)(H,29,30). The van der Waals surface area contributed by atoms with E-state index in [1.165, 1.54) is 0 Å². The van der Waals surface area contributed by atoms with Crippen LogP contribution in [0.4, 0.5) is 24.0 Å². The van der Waals surface area contributed by atoms with Crippen LogP contribution < -0.4 is 5.32 Å². The van der Waals surface area contributed by atoms with Gasteiger partial charge >= 0.3 is 12.1 Å². The van der Waals surface area contributed by atoms with Crippen LogP contribution in [-0.4, -0.2) is 39.2 Å². The van der Waals surface area contributed by atoms with Gasteiger partial charge in [-0.05, 0) is 17.7 Å². The molecule has 2 aromatic heterocycles. The van der Waals surface area contributed by atoms with Crippen LogP contribution in [0.2, 0.25) is 5.02 Å². The minimum absolute atomic E-state index is 0.0318. The maximum atomic E-state index is 13.2. The van der Waals surface area contributed by atoms with Crippen molar-refractivity contribution in [2.24, 2.45) is 4.99 Å². The Kier molecular flexibility index (Phi) is 5.31. The molecule has 3 aromatic rings. The van der Waals surface area contributed by atoms with Gasteiger partial charge in [-0.25, -0.2) is 14.5 Å². The van der Waals surface area contributed by atoms with E-state index in [2.05, 4.69) is 15.4 Å². The van der Waals surface area contributed by atoms with E-state index in [0.717, 1.165) is 23.6 Å². The van der Waals surface area contributed by atoms with Gasteiger partial charge in [-0.2, -0.15) is 18.3 Å². The fourth-order valence-corrected chi connectivity index (χ4v) is 4.19. The lowest BCUT2D eigenvalue weighted by atomic mass is 10.0. The number of aromatic nitrogens is 2.